The third-order valence-corrected chi connectivity index (χ3v) is 7.19. The van der Waals surface area contributed by atoms with Crippen LogP contribution in [0, 0.1) is 28.8 Å². The fourth-order valence-electron chi connectivity index (χ4n) is 3.42. The maximum Gasteiger partial charge on any atom is 0.276 e. The van der Waals surface area contributed by atoms with Gasteiger partial charge in [0.25, 0.3) is 11.6 Å². The molecule has 10 heteroatoms. The fourth-order valence-corrected chi connectivity index (χ4v) is 4.91. The average Bonchev–Trinajstić information content (AvgIpc) is 2.74. The van der Waals surface area contributed by atoms with E-state index in [1.165, 1.54) is 11.2 Å². The van der Waals surface area contributed by atoms with Crippen molar-refractivity contribution in [2.45, 2.75) is 24.7 Å². The molecule has 160 valence electrons. The van der Waals surface area contributed by atoms with Crippen LogP contribution in [0.15, 0.2) is 47.4 Å². The lowest BCUT2D eigenvalue weighted by Gasteiger charge is -2.31. The first-order chi connectivity index (χ1) is 14.2. The van der Waals surface area contributed by atoms with Crippen LogP contribution in [-0.2, 0) is 10.0 Å². The standard InChI is InChI=1S/C20H22FN3O5S/c1-14-18(21)11-16(12-19(14)24(26)27)20(25)22-13-15-7-9-23(10-8-15)30(28,29)17-5-3-2-4-6-17/h2-6,11-12,15H,7-10,13H2,1H3,(H,22,25). The smallest absolute Gasteiger partial charge is 0.276 e. The van der Waals surface area contributed by atoms with Crippen LogP contribution < -0.4 is 5.32 Å². The predicted octanol–water partition coefficient (Wildman–Crippen LogP) is 2.87. The molecule has 0 radical (unpaired) electrons. The van der Waals surface area contributed by atoms with Gasteiger partial charge in [0.05, 0.1) is 15.4 Å². The van der Waals surface area contributed by atoms with Crippen molar-refractivity contribution in [3.8, 4) is 0 Å². The van der Waals surface area contributed by atoms with E-state index >= 15 is 0 Å². The van der Waals surface area contributed by atoms with E-state index in [0.29, 0.717) is 25.9 Å². The van der Waals surface area contributed by atoms with E-state index in [1.807, 2.05) is 0 Å². The molecular weight excluding hydrogens is 413 g/mol. The van der Waals surface area contributed by atoms with Crippen LogP contribution >= 0.6 is 0 Å². The summed E-state index contributed by atoms with van der Waals surface area (Å²) in [5.41, 5.74) is -0.683. The van der Waals surface area contributed by atoms with Gasteiger partial charge < -0.3 is 5.32 Å². The molecule has 1 heterocycles. The van der Waals surface area contributed by atoms with Crippen LogP contribution in [-0.4, -0.2) is 43.2 Å². The Morgan fingerprint density at radius 1 is 1.23 bits per heavy atom. The summed E-state index contributed by atoms with van der Waals surface area (Å²) >= 11 is 0. The van der Waals surface area contributed by atoms with Crippen molar-refractivity contribution in [2.75, 3.05) is 19.6 Å². The molecule has 0 saturated carbocycles. The van der Waals surface area contributed by atoms with Gasteiger partial charge in [0, 0.05) is 31.3 Å². The van der Waals surface area contributed by atoms with Gasteiger partial charge in [-0.3, -0.25) is 14.9 Å². The van der Waals surface area contributed by atoms with Crippen LogP contribution in [0.2, 0.25) is 0 Å². The first kappa shape index (κ1) is 21.8. The number of piperidine rings is 1. The second kappa shape index (κ2) is 8.88. The topological polar surface area (TPSA) is 110 Å². The third kappa shape index (κ3) is 4.65. The van der Waals surface area contributed by atoms with E-state index in [2.05, 4.69) is 5.32 Å². The molecule has 0 unspecified atom stereocenters. The number of amides is 1. The lowest BCUT2D eigenvalue weighted by Crippen LogP contribution is -2.41. The summed E-state index contributed by atoms with van der Waals surface area (Å²) in [4.78, 5) is 22.9. The number of benzene rings is 2. The number of carbonyl (C=O) groups excluding carboxylic acids is 1. The van der Waals surface area contributed by atoms with Crippen molar-refractivity contribution in [1.29, 1.82) is 0 Å². The first-order valence-electron chi connectivity index (χ1n) is 9.48. The Labute approximate surface area is 173 Å². The van der Waals surface area contributed by atoms with Gasteiger partial charge in [-0.1, -0.05) is 18.2 Å². The quantitative estimate of drug-likeness (QED) is 0.554. The fraction of sp³-hybridized carbons (Fsp3) is 0.350. The van der Waals surface area contributed by atoms with E-state index in [4.69, 9.17) is 0 Å². The normalized spacial score (nSPS) is 15.7. The van der Waals surface area contributed by atoms with Gasteiger partial charge >= 0.3 is 0 Å². The molecule has 1 saturated heterocycles. The van der Waals surface area contributed by atoms with Crippen molar-refractivity contribution >= 4 is 21.6 Å². The Kier molecular flexibility index (Phi) is 6.47. The summed E-state index contributed by atoms with van der Waals surface area (Å²) in [5.74, 6) is -1.36. The number of nitro groups is 1. The lowest BCUT2D eigenvalue weighted by molar-refractivity contribution is -0.385. The SMILES string of the molecule is Cc1c(F)cc(C(=O)NCC2CCN(S(=O)(=O)c3ccccc3)CC2)cc1[N+](=O)[O-]. The van der Waals surface area contributed by atoms with Crippen LogP contribution in [0.4, 0.5) is 10.1 Å². The van der Waals surface area contributed by atoms with Crippen molar-refractivity contribution in [2.24, 2.45) is 5.92 Å². The van der Waals surface area contributed by atoms with E-state index in [0.717, 1.165) is 12.1 Å². The highest BCUT2D eigenvalue weighted by Gasteiger charge is 2.29. The summed E-state index contributed by atoms with van der Waals surface area (Å²) in [6.07, 6.45) is 1.13. The van der Waals surface area contributed by atoms with Crippen molar-refractivity contribution in [1.82, 2.24) is 9.62 Å². The minimum Gasteiger partial charge on any atom is -0.352 e. The zero-order chi connectivity index (χ0) is 21.9. The second-order valence-electron chi connectivity index (χ2n) is 7.23. The molecule has 0 aromatic heterocycles. The Bertz CT molecular complexity index is 1050. The molecular formula is C20H22FN3O5S. The molecule has 0 bridgehead atoms. The number of nitrogens with one attached hydrogen (secondary N) is 1. The number of sulfonamides is 1. The van der Waals surface area contributed by atoms with Gasteiger partial charge in [-0.25, -0.2) is 12.8 Å². The summed E-state index contributed by atoms with van der Waals surface area (Å²) < 4.78 is 40.6. The predicted molar refractivity (Wildman–Crippen MR) is 108 cm³/mol. The number of nitrogens with zero attached hydrogens (tertiary/aromatic N) is 2. The molecule has 1 amide bonds. The lowest BCUT2D eigenvalue weighted by atomic mass is 9.98. The van der Waals surface area contributed by atoms with Crippen LogP contribution in [0.3, 0.4) is 0 Å². The van der Waals surface area contributed by atoms with Gasteiger partial charge in [0.2, 0.25) is 10.0 Å². The van der Waals surface area contributed by atoms with Crippen LogP contribution in [0.25, 0.3) is 0 Å². The summed E-state index contributed by atoms with van der Waals surface area (Å²) in [6, 6.07) is 10.3. The van der Waals surface area contributed by atoms with Crippen LogP contribution in [0.5, 0.6) is 0 Å². The number of nitro benzene ring substituents is 1. The molecule has 2 aromatic rings. The van der Waals surface area contributed by atoms with Crippen molar-refractivity contribution in [3.63, 3.8) is 0 Å². The molecule has 0 atom stereocenters. The van der Waals surface area contributed by atoms with E-state index < -0.39 is 32.4 Å². The monoisotopic (exact) mass is 435 g/mol. The minimum absolute atomic E-state index is 0.0569. The minimum atomic E-state index is -3.54. The summed E-state index contributed by atoms with van der Waals surface area (Å²) in [5, 5.41) is 13.7. The van der Waals surface area contributed by atoms with Crippen molar-refractivity contribution in [3.05, 3.63) is 69.5 Å². The zero-order valence-electron chi connectivity index (χ0n) is 16.4. The molecule has 3 rings (SSSR count). The Hall–Kier alpha value is -2.85. The molecule has 1 aliphatic rings. The van der Waals surface area contributed by atoms with E-state index in [1.54, 1.807) is 30.3 Å². The second-order valence-corrected chi connectivity index (χ2v) is 9.17. The Balaban J connectivity index is 1.57. The average molecular weight is 435 g/mol. The number of carbonyl (C=O) groups is 1. The number of hydrogen-bond acceptors (Lipinski definition) is 5. The highest BCUT2D eigenvalue weighted by atomic mass is 32.2. The Morgan fingerprint density at radius 3 is 2.47 bits per heavy atom. The van der Waals surface area contributed by atoms with E-state index in [-0.39, 0.29) is 28.5 Å². The van der Waals surface area contributed by atoms with Gasteiger partial charge in [-0.05, 0) is 43.9 Å². The highest BCUT2D eigenvalue weighted by molar-refractivity contribution is 7.89. The zero-order valence-corrected chi connectivity index (χ0v) is 17.2. The number of rotatable bonds is 6. The number of hydrogen-bond donors (Lipinski definition) is 1. The van der Waals surface area contributed by atoms with Gasteiger partial charge in [0.15, 0.2) is 0 Å². The molecule has 8 nitrogen and oxygen atoms in total. The van der Waals surface area contributed by atoms with Crippen molar-refractivity contribution < 1.29 is 22.5 Å². The molecule has 0 spiro atoms. The Morgan fingerprint density at radius 2 is 1.87 bits per heavy atom. The van der Waals surface area contributed by atoms with Crippen LogP contribution in [0.1, 0.15) is 28.8 Å². The molecule has 1 fully saturated rings. The first-order valence-corrected chi connectivity index (χ1v) is 10.9. The molecule has 1 aliphatic heterocycles. The maximum atomic E-state index is 13.9. The van der Waals surface area contributed by atoms with Gasteiger partial charge in [0.1, 0.15) is 5.82 Å². The van der Waals surface area contributed by atoms with Gasteiger partial charge in [-0.2, -0.15) is 4.31 Å². The molecule has 30 heavy (non-hydrogen) atoms. The summed E-state index contributed by atoms with van der Waals surface area (Å²) in [6.45, 7) is 2.23. The highest BCUT2D eigenvalue weighted by Crippen LogP contribution is 2.25. The summed E-state index contributed by atoms with van der Waals surface area (Å²) in [7, 11) is -3.54. The van der Waals surface area contributed by atoms with Gasteiger partial charge in [-0.15, -0.1) is 0 Å². The maximum absolute atomic E-state index is 13.9. The largest absolute Gasteiger partial charge is 0.352 e. The molecule has 0 aliphatic carbocycles. The van der Waals surface area contributed by atoms with E-state index in [9.17, 15) is 27.7 Å². The number of halogens is 1. The third-order valence-electron chi connectivity index (χ3n) is 5.28. The molecule has 1 N–H and O–H groups in total. The molecule has 2 aromatic carbocycles.